The van der Waals surface area contributed by atoms with E-state index in [-0.39, 0.29) is 40.3 Å². The zero-order valence-corrected chi connectivity index (χ0v) is 16.9. The molecule has 2 aromatic carbocycles. The van der Waals surface area contributed by atoms with Gasteiger partial charge in [-0.1, -0.05) is 24.3 Å². The number of amides is 1. The molecule has 28 heavy (non-hydrogen) atoms. The average Bonchev–Trinajstić information content (AvgIpc) is 2.99. The highest BCUT2D eigenvalue weighted by Crippen LogP contribution is 2.38. The molecule has 2 unspecified atom stereocenters. The molecule has 1 aliphatic heterocycles. The Labute approximate surface area is 167 Å². The molecule has 2 atom stereocenters. The van der Waals surface area contributed by atoms with Crippen molar-refractivity contribution in [3.63, 3.8) is 0 Å². The third-order valence-corrected chi connectivity index (χ3v) is 7.84. The number of carbonyl (C=O) groups excluding carboxylic acids is 1. The Hall–Kier alpha value is -1.93. The minimum absolute atomic E-state index is 0.0323. The molecule has 150 valence electrons. The van der Waals surface area contributed by atoms with Crippen molar-refractivity contribution in [3.05, 3.63) is 71.3 Å². The summed E-state index contributed by atoms with van der Waals surface area (Å²) in [4.78, 5) is 12.6. The molecule has 0 saturated carbocycles. The zero-order valence-electron chi connectivity index (χ0n) is 15.3. The van der Waals surface area contributed by atoms with Crippen LogP contribution < -0.4 is 5.32 Å². The first-order chi connectivity index (χ1) is 13.2. The van der Waals surface area contributed by atoms with E-state index < -0.39 is 15.1 Å². The van der Waals surface area contributed by atoms with Gasteiger partial charge in [0.15, 0.2) is 9.84 Å². The first-order valence-electron chi connectivity index (χ1n) is 8.91. The van der Waals surface area contributed by atoms with Gasteiger partial charge in [0, 0.05) is 6.04 Å². The molecule has 3 rings (SSSR count). The Morgan fingerprint density at radius 3 is 1.96 bits per heavy atom. The Bertz CT molecular complexity index is 885. The van der Waals surface area contributed by atoms with Crippen LogP contribution in [0.15, 0.2) is 48.5 Å². The summed E-state index contributed by atoms with van der Waals surface area (Å²) in [6, 6.07) is 11.6. The van der Waals surface area contributed by atoms with E-state index in [2.05, 4.69) is 5.32 Å². The van der Waals surface area contributed by atoms with Gasteiger partial charge >= 0.3 is 0 Å². The molecule has 0 spiro atoms. The van der Waals surface area contributed by atoms with E-state index in [1.807, 2.05) is 0 Å². The Morgan fingerprint density at radius 1 is 1.04 bits per heavy atom. The molecule has 0 bridgehead atoms. The largest absolute Gasteiger partial charge is 0.351 e. The smallest absolute Gasteiger partial charge is 0.233 e. The minimum atomic E-state index is -3.08. The molecule has 0 aliphatic carbocycles. The summed E-state index contributed by atoms with van der Waals surface area (Å²) in [5, 5.41) is 2.02. The standard InChI is InChI=1S/C20H21F2NO3S2/c1-13(20(24)23-18-10-11-28(25,26)12-18)27-19(14-2-6-16(21)7-3-14)15-4-8-17(22)9-5-15/h2-9,13,18-19H,10-12H2,1H3,(H,23,24). The minimum Gasteiger partial charge on any atom is -0.351 e. The Kier molecular flexibility index (Phi) is 6.40. The fourth-order valence-corrected chi connectivity index (χ4v) is 6.02. The number of carbonyl (C=O) groups is 1. The van der Waals surface area contributed by atoms with Crippen LogP contribution in [-0.4, -0.2) is 37.1 Å². The molecule has 8 heteroatoms. The second-order valence-electron chi connectivity index (χ2n) is 6.87. The van der Waals surface area contributed by atoms with Gasteiger partial charge in [-0.25, -0.2) is 17.2 Å². The second-order valence-corrected chi connectivity index (χ2v) is 10.5. The quantitative estimate of drug-likeness (QED) is 0.770. The SMILES string of the molecule is CC(SC(c1ccc(F)cc1)c1ccc(F)cc1)C(=O)NC1CCS(=O)(=O)C1. The van der Waals surface area contributed by atoms with Crippen molar-refractivity contribution < 1.29 is 22.0 Å². The van der Waals surface area contributed by atoms with Gasteiger partial charge < -0.3 is 5.32 Å². The molecule has 0 aromatic heterocycles. The number of rotatable bonds is 6. The van der Waals surface area contributed by atoms with E-state index >= 15 is 0 Å². The molecular formula is C20H21F2NO3S2. The number of halogens is 2. The molecule has 1 saturated heterocycles. The number of benzene rings is 2. The third-order valence-electron chi connectivity index (χ3n) is 4.63. The van der Waals surface area contributed by atoms with E-state index in [0.717, 1.165) is 11.1 Å². The lowest BCUT2D eigenvalue weighted by Gasteiger charge is -2.22. The van der Waals surface area contributed by atoms with Crippen LogP contribution in [0.5, 0.6) is 0 Å². The fourth-order valence-electron chi connectivity index (χ4n) is 3.12. The fraction of sp³-hybridized carbons (Fsp3) is 0.350. The van der Waals surface area contributed by atoms with Gasteiger partial charge in [-0.2, -0.15) is 0 Å². The topological polar surface area (TPSA) is 63.2 Å². The lowest BCUT2D eigenvalue weighted by molar-refractivity contribution is -0.120. The highest BCUT2D eigenvalue weighted by atomic mass is 32.2. The predicted octanol–water partition coefficient (Wildman–Crippen LogP) is 3.48. The Balaban J connectivity index is 1.75. The molecule has 0 radical (unpaired) electrons. The van der Waals surface area contributed by atoms with Gasteiger partial charge in [-0.05, 0) is 48.7 Å². The predicted molar refractivity (Wildman–Crippen MR) is 107 cm³/mol. The van der Waals surface area contributed by atoms with Gasteiger partial charge in [-0.15, -0.1) is 11.8 Å². The number of sulfone groups is 1. The van der Waals surface area contributed by atoms with Gasteiger partial charge in [0.05, 0.1) is 22.0 Å². The van der Waals surface area contributed by atoms with Crippen molar-refractivity contribution >= 4 is 27.5 Å². The summed E-state index contributed by atoms with van der Waals surface area (Å²) in [6.07, 6.45) is 0.421. The summed E-state index contributed by atoms with van der Waals surface area (Å²) >= 11 is 1.35. The molecule has 4 nitrogen and oxygen atoms in total. The average molecular weight is 426 g/mol. The van der Waals surface area contributed by atoms with Crippen molar-refractivity contribution in [2.24, 2.45) is 0 Å². The van der Waals surface area contributed by atoms with Crippen LogP contribution in [0.1, 0.15) is 29.7 Å². The first kappa shape index (κ1) is 20.8. The summed E-state index contributed by atoms with van der Waals surface area (Å²) < 4.78 is 49.8. The third kappa shape index (κ3) is 5.32. The lowest BCUT2D eigenvalue weighted by atomic mass is 10.0. The molecule has 1 aliphatic rings. The summed E-state index contributed by atoms with van der Waals surface area (Å²) in [5.41, 5.74) is 1.59. The number of hydrogen-bond donors (Lipinski definition) is 1. The van der Waals surface area contributed by atoms with E-state index in [0.29, 0.717) is 6.42 Å². The molecule has 1 fully saturated rings. The molecule has 1 amide bonds. The number of thioether (sulfide) groups is 1. The molecule has 1 N–H and O–H groups in total. The highest BCUT2D eigenvalue weighted by Gasteiger charge is 2.31. The van der Waals surface area contributed by atoms with Crippen LogP contribution in [0.4, 0.5) is 8.78 Å². The van der Waals surface area contributed by atoms with Crippen molar-refractivity contribution in [2.45, 2.75) is 29.9 Å². The van der Waals surface area contributed by atoms with E-state index in [9.17, 15) is 22.0 Å². The van der Waals surface area contributed by atoms with E-state index in [1.165, 1.54) is 36.0 Å². The highest BCUT2D eigenvalue weighted by molar-refractivity contribution is 8.01. The zero-order chi connectivity index (χ0) is 20.3. The van der Waals surface area contributed by atoms with Crippen LogP contribution in [0.2, 0.25) is 0 Å². The summed E-state index contributed by atoms with van der Waals surface area (Å²) in [7, 11) is -3.08. The van der Waals surface area contributed by atoms with Crippen LogP contribution in [-0.2, 0) is 14.6 Å². The normalized spacial score (nSPS) is 19.5. The van der Waals surface area contributed by atoms with Crippen molar-refractivity contribution in [1.82, 2.24) is 5.32 Å². The van der Waals surface area contributed by atoms with Crippen molar-refractivity contribution in [3.8, 4) is 0 Å². The van der Waals surface area contributed by atoms with Crippen LogP contribution in [0, 0.1) is 11.6 Å². The van der Waals surface area contributed by atoms with Gasteiger partial charge in [0.1, 0.15) is 11.6 Å². The molecule has 2 aromatic rings. The second kappa shape index (κ2) is 8.61. The lowest BCUT2D eigenvalue weighted by Crippen LogP contribution is -2.40. The van der Waals surface area contributed by atoms with Gasteiger partial charge in [0.2, 0.25) is 5.91 Å². The van der Waals surface area contributed by atoms with Crippen LogP contribution in [0.25, 0.3) is 0 Å². The number of nitrogens with one attached hydrogen (secondary N) is 1. The maximum atomic E-state index is 13.3. The molecular weight excluding hydrogens is 404 g/mol. The van der Waals surface area contributed by atoms with Crippen LogP contribution >= 0.6 is 11.8 Å². The van der Waals surface area contributed by atoms with Gasteiger partial charge in [0.25, 0.3) is 0 Å². The van der Waals surface area contributed by atoms with Crippen molar-refractivity contribution in [2.75, 3.05) is 11.5 Å². The molecule has 1 heterocycles. The summed E-state index contributed by atoms with van der Waals surface area (Å²) in [5.74, 6) is -0.913. The summed E-state index contributed by atoms with van der Waals surface area (Å²) in [6.45, 7) is 1.74. The van der Waals surface area contributed by atoms with Crippen LogP contribution in [0.3, 0.4) is 0 Å². The van der Waals surface area contributed by atoms with E-state index in [4.69, 9.17) is 0 Å². The maximum absolute atomic E-state index is 13.3. The first-order valence-corrected chi connectivity index (χ1v) is 11.7. The maximum Gasteiger partial charge on any atom is 0.233 e. The Morgan fingerprint density at radius 2 is 1.54 bits per heavy atom. The number of hydrogen-bond acceptors (Lipinski definition) is 4. The van der Waals surface area contributed by atoms with Gasteiger partial charge in [-0.3, -0.25) is 4.79 Å². The van der Waals surface area contributed by atoms with E-state index in [1.54, 1.807) is 31.2 Å². The monoisotopic (exact) mass is 425 g/mol. The van der Waals surface area contributed by atoms with Crippen molar-refractivity contribution in [1.29, 1.82) is 0 Å².